The Kier molecular flexibility index (Phi) is 5.38. The SMILES string of the molecule is Cc1cc(C)cc(N2C(=O)C(=O)/C(=C(\O)c3ccc(Br)c(C)c3)C2c2cccs2)c1. The molecular formula is C24H20BrNO3S. The highest BCUT2D eigenvalue weighted by molar-refractivity contribution is 9.10. The fraction of sp³-hybridized carbons (Fsp3) is 0.167. The average Bonchev–Trinajstić information content (AvgIpc) is 3.30. The third-order valence-corrected chi connectivity index (χ3v) is 6.99. The topological polar surface area (TPSA) is 57.6 Å². The molecule has 2 aromatic carbocycles. The first-order chi connectivity index (χ1) is 14.3. The maximum absolute atomic E-state index is 13.1. The number of anilines is 1. The van der Waals surface area contributed by atoms with Gasteiger partial charge in [-0.3, -0.25) is 14.5 Å². The van der Waals surface area contributed by atoms with Crippen LogP contribution in [-0.2, 0) is 9.59 Å². The van der Waals surface area contributed by atoms with Gasteiger partial charge in [-0.2, -0.15) is 0 Å². The monoisotopic (exact) mass is 481 g/mol. The van der Waals surface area contributed by atoms with Crippen LogP contribution >= 0.6 is 27.3 Å². The molecular weight excluding hydrogens is 462 g/mol. The van der Waals surface area contributed by atoms with Crippen LogP contribution in [-0.4, -0.2) is 16.8 Å². The smallest absolute Gasteiger partial charge is 0.300 e. The van der Waals surface area contributed by atoms with Gasteiger partial charge in [-0.25, -0.2) is 0 Å². The molecule has 2 heterocycles. The number of carbonyl (C=O) groups is 2. The number of thiophene rings is 1. The molecule has 3 aromatic rings. The number of aliphatic hydroxyl groups is 1. The van der Waals surface area contributed by atoms with Gasteiger partial charge in [0, 0.05) is 20.6 Å². The van der Waals surface area contributed by atoms with Crippen molar-refractivity contribution in [2.75, 3.05) is 4.90 Å². The van der Waals surface area contributed by atoms with Crippen molar-refractivity contribution in [1.82, 2.24) is 0 Å². The maximum atomic E-state index is 13.1. The molecule has 1 aliphatic heterocycles. The van der Waals surface area contributed by atoms with Crippen molar-refractivity contribution < 1.29 is 14.7 Å². The Labute approximate surface area is 187 Å². The lowest BCUT2D eigenvalue weighted by Gasteiger charge is -2.25. The molecule has 1 N–H and O–H groups in total. The second-order valence-corrected chi connectivity index (χ2v) is 9.33. The molecule has 4 nitrogen and oxygen atoms in total. The number of aryl methyl sites for hydroxylation is 3. The van der Waals surface area contributed by atoms with Gasteiger partial charge in [0.2, 0.25) is 0 Å². The fourth-order valence-electron chi connectivity index (χ4n) is 3.85. The second-order valence-electron chi connectivity index (χ2n) is 7.49. The molecule has 6 heteroatoms. The van der Waals surface area contributed by atoms with E-state index in [2.05, 4.69) is 15.9 Å². The van der Waals surface area contributed by atoms with E-state index in [0.717, 1.165) is 26.0 Å². The Morgan fingerprint density at radius 3 is 2.33 bits per heavy atom. The van der Waals surface area contributed by atoms with Crippen LogP contribution in [0.15, 0.2) is 64.0 Å². The van der Waals surface area contributed by atoms with Crippen molar-refractivity contribution in [2.45, 2.75) is 26.8 Å². The van der Waals surface area contributed by atoms with Gasteiger partial charge in [-0.1, -0.05) is 34.1 Å². The van der Waals surface area contributed by atoms with Gasteiger partial charge in [0.1, 0.15) is 11.8 Å². The van der Waals surface area contributed by atoms with Gasteiger partial charge in [-0.05, 0) is 73.2 Å². The summed E-state index contributed by atoms with van der Waals surface area (Å²) in [7, 11) is 0. The summed E-state index contributed by atoms with van der Waals surface area (Å²) >= 11 is 4.91. The molecule has 0 spiro atoms. The maximum Gasteiger partial charge on any atom is 0.300 e. The number of rotatable bonds is 3. The van der Waals surface area contributed by atoms with Crippen LogP contribution in [0.1, 0.15) is 33.2 Å². The summed E-state index contributed by atoms with van der Waals surface area (Å²) in [5.74, 6) is -1.46. The van der Waals surface area contributed by atoms with E-state index >= 15 is 0 Å². The molecule has 1 fully saturated rings. The average molecular weight is 482 g/mol. The number of aliphatic hydroxyl groups excluding tert-OH is 1. The van der Waals surface area contributed by atoms with Gasteiger partial charge in [0.15, 0.2) is 0 Å². The Morgan fingerprint density at radius 1 is 1.03 bits per heavy atom. The lowest BCUT2D eigenvalue weighted by Crippen LogP contribution is -2.29. The van der Waals surface area contributed by atoms with E-state index in [9.17, 15) is 14.7 Å². The van der Waals surface area contributed by atoms with Gasteiger partial charge in [-0.15, -0.1) is 11.3 Å². The first-order valence-corrected chi connectivity index (χ1v) is 11.1. The number of Topliss-reactive ketones (excluding diaryl/α,β-unsaturated/α-hetero) is 1. The molecule has 0 bridgehead atoms. The predicted molar refractivity (Wildman–Crippen MR) is 124 cm³/mol. The van der Waals surface area contributed by atoms with Gasteiger partial charge < -0.3 is 5.11 Å². The van der Waals surface area contributed by atoms with Crippen molar-refractivity contribution in [1.29, 1.82) is 0 Å². The third-order valence-electron chi connectivity index (χ3n) is 5.17. The van der Waals surface area contributed by atoms with E-state index in [1.54, 1.807) is 12.1 Å². The summed E-state index contributed by atoms with van der Waals surface area (Å²) in [5, 5.41) is 13.0. The molecule has 0 saturated carbocycles. The van der Waals surface area contributed by atoms with Crippen molar-refractivity contribution in [2.24, 2.45) is 0 Å². The van der Waals surface area contributed by atoms with Gasteiger partial charge >= 0.3 is 0 Å². The highest BCUT2D eigenvalue weighted by Gasteiger charge is 2.47. The van der Waals surface area contributed by atoms with Crippen LogP contribution in [0.2, 0.25) is 0 Å². The Morgan fingerprint density at radius 2 is 1.73 bits per heavy atom. The molecule has 30 heavy (non-hydrogen) atoms. The highest BCUT2D eigenvalue weighted by Crippen LogP contribution is 2.44. The molecule has 1 saturated heterocycles. The summed E-state index contributed by atoms with van der Waals surface area (Å²) in [4.78, 5) is 28.6. The van der Waals surface area contributed by atoms with Gasteiger partial charge in [0.25, 0.3) is 11.7 Å². The number of hydrogen-bond donors (Lipinski definition) is 1. The number of ketones is 1. The molecule has 0 radical (unpaired) electrons. The summed E-state index contributed by atoms with van der Waals surface area (Å²) in [6.45, 7) is 5.82. The quantitative estimate of drug-likeness (QED) is 0.280. The summed E-state index contributed by atoms with van der Waals surface area (Å²) < 4.78 is 0.907. The van der Waals surface area contributed by atoms with Crippen LogP contribution < -0.4 is 4.90 Å². The first kappa shape index (κ1) is 20.6. The third kappa shape index (κ3) is 3.50. The Hall–Kier alpha value is -2.70. The van der Waals surface area contributed by atoms with Crippen molar-refractivity contribution in [3.05, 3.63) is 91.1 Å². The zero-order valence-corrected chi connectivity index (χ0v) is 19.2. The zero-order valence-electron chi connectivity index (χ0n) is 16.8. The normalized spacial score (nSPS) is 18.3. The largest absolute Gasteiger partial charge is 0.507 e. The van der Waals surface area contributed by atoms with Crippen LogP contribution in [0.5, 0.6) is 0 Å². The second kappa shape index (κ2) is 7.85. The number of amides is 1. The predicted octanol–water partition coefficient (Wildman–Crippen LogP) is 6.06. The number of nitrogens with zero attached hydrogens (tertiary/aromatic N) is 1. The molecule has 0 aliphatic carbocycles. The van der Waals surface area contributed by atoms with E-state index < -0.39 is 17.7 Å². The number of carbonyl (C=O) groups excluding carboxylic acids is 2. The van der Waals surface area contributed by atoms with Crippen LogP contribution in [0.4, 0.5) is 5.69 Å². The van der Waals surface area contributed by atoms with E-state index in [0.29, 0.717) is 11.3 Å². The van der Waals surface area contributed by atoms with Crippen molar-refractivity contribution >= 4 is 50.4 Å². The van der Waals surface area contributed by atoms with Crippen molar-refractivity contribution in [3.63, 3.8) is 0 Å². The Bertz CT molecular complexity index is 1180. The van der Waals surface area contributed by atoms with Crippen LogP contribution in [0, 0.1) is 20.8 Å². The highest BCUT2D eigenvalue weighted by atomic mass is 79.9. The number of halogens is 1. The lowest BCUT2D eigenvalue weighted by molar-refractivity contribution is -0.132. The minimum absolute atomic E-state index is 0.114. The molecule has 152 valence electrons. The number of hydrogen-bond acceptors (Lipinski definition) is 4. The van der Waals surface area contributed by atoms with Crippen LogP contribution in [0.3, 0.4) is 0 Å². The fourth-order valence-corrected chi connectivity index (χ4v) is 4.92. The molecule has 1 atom stereocenters. The standard InChI is InChI=1S/C24H20BrNO3S/c1-13-9-14(2)11-17(10-13)26-21(19-5-4-8-30-19)20(23(28)24(26)29)22(27)16-6-7-18(25)15(3)12-16/h4-12,21,27H,1-3H3/b22-20-. The summed E-state index contributed by atoms with van der Waals surface area (Å²) in [6, 6.07) is 14.3. The lowest BCUT2D eigenvalue weighted by atomic mass is 9.98. The molecule has 1 aliphatic rings. The van der Waals surface area contributed by atoms with Crippen LogP contribution in [0.25, 0.3) is 5.76 Å². The van der Waals surface area contributed by atoms with E-state index in [4.69, 9.17) is 0 Å². The van der Waals surface area contributed by atoms with Crippen molar-refractivity contribution in [3.8, 4) is 0 Å². The minimum atomic E-state index is -0.675. The summed E-state index contributed by atoms with van der Waals surface area (Å²) in [5.41, 5.74) is 4.20. The van der Waals surface area contributed by atoms with Gasteiger partial charge in [0.05, 0.1) is 5.57 Å². The van der Waals surface area contributed by atoms with E-state index in [1.807, 2.05) is 62.5 Å². The number of benzene rings is 2. The van der Waals surface area contributed by atoms with E-state index in [1.165, 1.54) is 16.2 Å². The zero-order chi connectivity index (χ0) is 21.6. The first-order valence-electron chi connectivity index (χ1n) is 9.47. The minimum Gasteiger partial charge on any atom is -0.507 e. The molecule has 1 amide bonds. The molecule has 1 unspecified atom stereocenters. The summed E-state index contributed by atoms with van der Waals surface area (Å²) in [6.07, 6.45) is 0. The Balaban J connectivity index is 1.95. The van der Waals surface area contributed by atoms with E-state index in [-0.39, 0.29) is 11.3 Å². The molecule has 4 rings (SSSR count). The molecule has 1 aromatic heterocycles.